The molecule has 0 heterocycles. The predicted octanol–water partition coefficient (Wildman–Crippen LogP) is 3.66. The molecule has 3 heteroatoms. The lowest BCUT2D eigenvalue weighted by Crippen LogP contribution is -2.33. The number of rotatable bonds is 9. The van der Waals surface area contributed by atoms with Gasteiger partial charge in [-0.25, -0.2) is 4.39 Å². The van der Waals surface area contributed by atoms with Crippen molar-refractivity contribution in [2.75, 3.05) is 20.3 Å². The van der Waals surface area contributed by atoms with Crippen molar-refractivity contribution < 1.29 is 9.13 Å². The molecule has 20 heavy (non-hydrogen) atoms. The molecule has 0 aliphatic carbocycles. The summed E-state index contributed by atoms with van der Waals surface area (Å²) in [4.78, 5) is 0. The van der Waals surface area contributed by atoms with Crippen molar-refractivity contribution in [3.63, 3.8) is 0 Å². The Morgan fingerprint density at radius 1 is 1.20 bits per heavy atom. The highest BCUT2D eigenvalue weighted by Gasteiger charge is 2.19. The van der Waals surface area contributed by atoms with Crippen LogP contribution in [0.3, 0.4) is 0 Å². The second kappa shape index (κ2) is 9.09. The van der Waals surface area contributed by atoms with E-state index in [1.807, 2.05) is 12.1 Å². The van der Waals surface area contributed by atoms with Gasteiger partial charge in [-0.05, 0) is 42.9 Å². The fourth-order valence-electron chi connectivity index (χ4n) is 2.35. The first-order valence-corrected chi connectivity index (χ1v) is 7.50. The molecule has 0 fully saturated rings. The van der Waals surface area contributed by atoms with Crippen LogP contribution in [0.1, 0.15) is 32.8 Å². The van der Waals surface area contributed by atoms with E-state index in [0.29, 0.717) is 17.9 Å². The van der Waals surface area contributed by atoms with Crippen LogP contribution in [0, 0.1) is 17.7 Å². The van der Waals surface area contributed by atoms with Crippen LogP contribution >= 0.6 is 0 Å². The number of methoxy groups -OCH3 is 1. The molecule has 0 spiro atoms. The van der Waals surface area contributed by atoms with Gasteiger partial charge in [0.25, 0.3) is 0 Å². The van der Waals surface area contributed by atoms with E-state index >= 15 is 0 Å². The third-order valence-corrected chi connectivity index (χ3v) is 3.81. The summed E-state index contributed by atoms with van der Waals surface area (Å²) in [7, 11) is 1.73. The first-order chi connectivity index (χ1) is 9.54. The molecular weight excluding hydrogens is 253 g/mol. The Morgan fingerprint density at radius 3 is 2.50 bits per heavy atom. The minimum absolute atomic E-state index is 0.0963. The summed E-state index contributed by atoms with van der Waals surface area (Å²) in [5.74, 6) is 0.825. The number of hydrogen-bond acceptors (Lipinski definition) is 2. The third kappa shape index (κ3) is 6.02. The van der Waals surface area contributed by atoms with E-state index in [1.165, 1.54) is 0 Å². The maximum absolute atomic E-state index is 13.8. The zero-order valence-corrected chi connectivity index (χ0v) is 13.2. The minimum Gasteiger partial charge on any atom is -0.385 e. The molecule has 0 radical (unpaired) electrons. The Balaban J connectivity index is 2.68. The van der Waals surface area contributed by atoms with Crippen LogP contribution in [0.2, 0.25) is 0 Å². The maximum atomic E-state index is 13.8. The van der Waals surface area contributed by atoms with Gasteiger partial charge in [-0.3, -0.25) is 0 Å². The number of benzene rings is 1. The van der Waals surface area contributed by atoms with Crippen molar-refractivity contribution in [1.29, 1.82) is 0 Å². The Morgan fingerprint density at radius 2 is 1.90 bits per heavy atom. The van der Waals surface area contributed by atoms with Gasteiger partial charge in [-0.1, -0.05) is 39.0 Å². The molecule has 1 aromatic carbocycles. The fourth-order valence-corrected chi connectivity index (χ4v) is 2.35. The summed E-state index contributed by atoms with van der Waals surface area (Å²) < 4.78 is 19.0. The molecule has 2 unspecified atom stereocenters. The molecule has 1 rings (SSSR count). The Hall–Kier alpha value is -0.930. The molecule has 0 aromatic heterocycles. The lowest BCUT2D eigenvalue weighted by molar-refractivity contribution is 0.163. The van der Waals surface area contributed by atoms with Gasteiger partial charge in [0.15, 0.2) is 0 Å². The Kier molecular flexibility index (Phi) is 7.78. The topological polar surface area (TPSA) is 21.3 Å². The quantitative estimate of drug-likeness (QED) is 0.746. The number of hydrogen-bond donors (Lipinski definition) is 1. The van der Waals surface area contributed by atoms with Gasteiger partial charge < -0.3 is 10.1 Å². The van der Waals surface area contributed by atoms with E-state index in [4.69, 9.17) is 4.74 Å². The van der Waals surface area contributed by atoms with Crippen molar-refractivity contribution >= 4 is 0 Å². The van der Waals surface area contributed by atoms with Gasteiger partial charge in [-0.2, -0.15) is 0 Å². The number of ether oxygens (including phenoxy) is 1. The molecule has 0 saturated heterocycles. The highest BCUT2D eigenvalue weighted by Crippen LogP contribution is 2.22. The summed E-state index contributed by atoms with van der Waals surface area (Å²) in [6, 6.07) is 7.54. The van der Waals surface area contributed by atoms with E-state index in [-0.39, 0.29) is 5.82 Å². The smallest absolute Gasteiger partial charge is 0.126 e. The van der Waals surface area contributed by atoms with Crippen LogP contribution in [0.5, 0.6) is 0 Å². The van der Waals surface area contributed by atoms with Crippen LogP contribution in [-0.4, -0.2) is 26.3 Å². The molecular formula is C17H28FNO. The summed E-state index contributed by atoms with van der Waals surface area (Å²) >= 11 is 0. The van der Waals surface area contributed by atoms with Gasteiger partial charge >= 0.3 is 0 Å². The van der Waals surface area contributed by atoms with E-state index in [2.05, 4.69) is 26.1 Å². The van der Waals surface area contributed by atoms with E-state index < -0.39 is 0 Å². The molecule has 1 aromatic rings. The molecule has 114 valence electrons. The molecule has 0 aliphatic rings. The highest BCUT2D eigenvalue weighted by molar-refractivity contribution is 5.18. The molecule has 0 aliphatic heterocycles. The van der Waals surface area contributed by atoms with Crippen molar-refractivity contribution in [1.82, 2.24) is 5.32 Å². The van der Waals surface area contributed by atoms with E-state index in [0.717, 1.165) is 31.6 Å². The van der Waals surface area contributed by atoms with Crippen LogP contribution in [0.25, 0.3) is 0 Å². The zero-order chi connectivity index (χ0) is 15.0. The average molecular weight is 281 g/mol. The van der Waals surface area contributed by atoms with Crippen molar-refractivity contribution in [3.8, 4) is 0 Å². The van der Waals surface area contributed by atoms with E-state index in [1.54, 1.807) is 19.2 Å². The van der Waals surface area contributed by atoms with Crippen LogP contribution < -0.4 is 5.32 Å². The van der Waals surface area contributed by atoms with E-state index in [9.17, 15) is 4.39 Å². The molecule has 2 atom stereocenters. The van der Waals surface area contributed by atoms with Crippen molar-refractivity contribution in [2.45, 2.75) is 39.7 Å². The lowest BCUT2D eigenvalue weighted by Gasteiger charge is -2.25. The van der Waals surface area contributed by atoms with Crippen molar-refractivity contribution in [3.05, 3.63) is 35.6 Å². The third-order valence-electron chi connectivity index (χ3n) is 3.81. The highest BCUT2D eigenvalue weighted by atomic mass is 19.1. The average Bonchev–Trinajstić information content (AvgIpc) is 2.42. The Labute approximate surface area is 122 Å². The molecule has 0 amide bonds. The second-order valence-electron chi connectivity index (χ2n) is 5.88. The molecule has 1 N–H and O–H groups in total. The van der Waals surface area contributed by atoms with Gasteiger partial charge in [0.2, 0.25) is 0 Å². The van der Waals surface area contributed by atoms with Crippen LogP contribution in [-0.2, 0) is 11.2 Å². The largest absolute Gasteiger partial charge is 0.385 e. The normalized spacial score (nSPS) is 14.5. The summed E-state index contributed by atoms with van der Waals surface area (Å²) in [6.45, 7) is 8.18. The standard InChI is InChI=1S/C17H28FNO/c1-13(2)19-12-16(14(3)9-10-20-4)11-15-7-5-6-8-17(15)18/h5-8,13-14,16,19H,9-12H2,1-4H3. The monoisotopic (exact) mass is 281 g/mol. The van der Waals surface area contributed by atoms with Gasteiger partial charge in [0.1, 0.15) is 5.82 Å². The molecule has 0 saturated carbocycles. The summed E-state index contributed by atoms with van der Waals surface area (Å²) in [6.07, 6.45) is 1.78. The minimum atomic E-state index is -0.0963. The Bertz CT molecular complexity index is 381. The molecule has 2 nitrogen and oxygen atoms in total. The van der Waals surface area contributed by atoms with Crippen LogP contribution in [0.15, 0.2) is 24.3 Å². The van der Waals surface area contributed by atoms with Gasteiger partial charge in [0, 0.05) is 19.8 Å². The summed E-state index contributed by atoms with van der Waals surface area (Å²) in [5.41, 5.74) is 0.812. The van der Waals surface area contributed by atoms with Crippen LogP contribution in [0.4, 0.5) is 4.39 Å². The molecule has 0 bridgehead atoms. The second-order valence-corrected chi connectivity index (χ2v) is 5.88. The first kappa shape index (κ1) is 17.1. The maximum Gasteiger partial charge on any atom is 0.126 e. The number of nitrogens with one attached hydrogen (secondary N) is 1. The van der Waals surface area contributed by atoms with Gasteiger partial charge in [-0.15, -0.1) is 0 Å². The van der Waals surface area contributed by atoms with Gasteiger partial charge in [0.05, 0.1) is 0 Å². The first-order valence-electron chi connectivity index (χ1n) is 7.50. The fraction of sp³-hybridized carbons (Fsp3) is 0.647. The SMILES string of the molecule is COCCC(C)C(CNC(C)C)Cc1ccccc1F. The lowest BCUT2D eigenvalue weighted by atomic mass is 9.85. The zero-order valence-electron chi connectivity index (χ0n) is 13.2. The predicted molar refractivity (Wildman–Crippen MR) is 82.4 cm³/mol. The number of halogens is 1. The summed E-state index contributed by atoms with van der Waals surface area (Å²) in [5, 5.41) is 3.48. The van der Waals surface area contributed by atoms with Crippen molar-refractivity contribution in [2.24, 2.45) is 11.8 Å².